The third kappa shape index (κ3) is 4.43. The Morgan fingerprint density at radius 1 is 1.12 bits per heavy atom. The van der Waals surface area contributed by atoms with Gasteiger partial charge in [0, 0.05) is 18.9 Å². The highest BCUT2D eigenvalue weighted by atomic mass is 16.5. The van der Waals surface area contributed by atoms with Crippen LogP contribution >= 0.6 is 0 Å². The molecule has 0 radical (unpaired) electrons. The Labute approximate surface area is 152 Å². The highest BCUT2D eigenvalue weighted by molar-refractivity contribution is 5.78. The number of amides is 1. The monoisotopic (exact) mass is 353 g/mol. The van der Waals surface area contributed by atoms with Crippen LogP contribution in [0.1, 0.15) is 23.8 Å². The van der Waals surface area contributed by atoms with Crippen LogP contribution in [-0.2, 0) is 16.0 Å². The van der Waals surface area contributed by atoms with Crippen LogP contribution in [0.4, 0.5) is 0 Å². The number of furan rings is 1. The maximum Gasteiger partial charge on any atom is 0.220 e. The molecule has 1 unspecified atom stereocenters. The first-order valence-corrected chi connectivity index (χ1v) is 8.60. The molecule has 0 fully saturated rings. The van der Waals surface area contributed by atoms with Crippen molar-refractivity contribution in [2.24, 2.45) is 0 Å². The minimum atomic E-state index is -0.313. The standard InChI is InChI=1S/C21H23NO4/c1-24-17-10-7-15(8-11-17)9-12-21(23)22-14-20(25-2)19-13-16-5-3-4-6-18(16)26-19/h3-8,10-11,13,20H,9,12,14H2,1-2H3,(H,22,23). The van der Waals surface area contributed by atoms with Crippen LogP contribution in [0.2, 0.25) is 0 Å². The predicted molar refractivity (Wildman–Crippen MR) is 100 cm³/mol. The van der Waals surface area contributed by atoms with E-state index in [1.807, 2.05) is 54.6 Å². The lowest BCUT2D eigenvalue weighted by molar-refractivity contribution is -0.121. The molecule has 1 N–H and O–H groups in total. The zero-order chi connectivity index (χ0) is 18.4. The maximum atomic E-state index is 12.1. The Morgan fingerprint density at radius 2 is 1.88 bits per heavy atom. The molecule has 1 aromatic heterocycles. The summed E-state index contributed by atoms with van der Waals surface area (Å²) in [7, 11) is 3.25. The molecule has 136 valence electrons. The summed E-state index contributed by atoms with van der Waals surface area (Å²) in [5, 5.41) is 3.94. The molecule has 1 atom stereocenters. The fraction of sp³-hybridized carbons (Fsp3) is 0.286. The Bertz CT molecular complexity index is 821. The largest absolute Gasteiger partial charge is 0.497 e. The SMILES string of the molecule is COc1ccc(CCC(=O)NCC(OC)c2cc3ccccc3o2)cc1. The number of carbonyl (C=O) groups excluding carboxylic acids is 1. The molecular weight excluding hydrogens is 330 g/mol. The van der Waals surface area contributed by atoms with Crippen molar-refractivity contribution in [2.45, 2.75) is 18.9 Å². The van der Waals surface area contributed by atoms with Crippen LogP contribution in [0.15, 0.2) is 59.0 Å². The number of hydrogen-bond acceptors (Lipinski definition) is 4. The summed E-state index contributed by atoms with van der Waals surface area (Å²) in [4.78, 5) is 12.1. The fourth-order valence-electron chi connectivity index (χ4n) is 2.81. The Kier molecular flexibility index (Phi) is 5.92. The van der Waals surface area contributed by atoms with Gasteiger partial charge in [0.05, 0.1) is 13.7 Å². The highest BCUT2D eigenvalue weighted by Gasteiger charge is 2.16. The van der Waals surface area contributed by atoms with Crippen molar-refractivity contribution in [3.63, 3.8) is 0 Å². The van der Waals surface area contributed by atoms with E-state index < -0.39 is 0 Å². The van der Waals surface area contributed by atoms with Gasteiger partial charge in [-0.25, -0.2) is 0 Å². The number of rotatable bonds is 8. The second-order valence-corrected chi connectivity index (χ2v) is 6.06. The van der Waals surface area contributed by atoms with Gasteiger partial charge in [-0.15, -0.1) is 0 Å². The van der Waals surface area contributed by atoms with Crippen LogP contribution in [-0.4, -0.2) is 26.7 Å². The molecule has 0 aliphatic carbocycles. The molecule has 5 heteroatoms. The first kappa shape index (κ1) is 18.0. The average molecular weight is 353 g/mol. The first-order chi connectivity index (χ1) is 12.7. The molecule has 0 aliphatic rings. The van der Waals surface area contributed by atoms with Gasteiger partial charge in [0.15, 0.2) is 0 Å². The Balaban J connectivity index is 1.51. The summed E-state index contributed by atoms with van der Waals surface area (Å²) >= 11 is 0. The Hall–Kier alpha value is -2.79. The summed E-state index contributed by atoms with van der Waals surface area (Å²) in [5.74, 6) is 1.51. The van der Waals surface area contributed by atoms with Gasteiger partial charge < -0.3 is 19.2 Å². The quantitative estimate of drug-likeness (QED) is 0.668. The summed E-state index contributed by atoms with van der Waals surface area (Å²) in [5.41, 5.74) is 1.91. The molecule has 5 nitrogen and oxygen atoms in total. The number of methoxy groups -OCH3 is 2. The number of fused-ring (bicyclic) bond motifs is 1. The lowest BCUT2D eigenvalue weighted by Crippen LogP contribution is -2.29. The van der Waals surface area contributed by atoms with E-state index in [9.17, 15) is 4.79 Å². The predicted octanol–water partition coefficient (Wildman–Crippen LogP) is 3.88. The molecule has 1 amide bonds. The molecule has 3 rings (SSSR count). The molecule has 1 heterocycles. The summed E-state index contributed by atoms with van der Waals surface area (Å²) in [6, 6.07) is 17.5. The zero-order valence-electron chi connectivity index (χ0n) is 15.0. The van der Waals surface area contributed by atoms with Gasteiger partial charge in [0.25, 0.3) is 0 Å². The zero-order valence-corrected chi connectivity index (χ0v) is 15.0. The molecule has 3 aromatic rings. The lowest BCUT2D eigenvalue weighted by Gasteiger charge is -2.13. The summed E-state index contributed by atoms with van der Waals surface area (Å²) < 4.78 is 16.4. The van der Waals surface area contributed by atoms with Crippen molar-refractivity contribution >= 4 is 16.9 Å². The van der Waals surface area contributed by atoms with Crippen LogP contribution in [0.3, 0.4) is 0 Å². The van der Waals surface area contributed by atoms with Crippen LogP contribution < -0.4 is 10.1 Å². The van der Waals surface area contributed by atoms with Crippen molar-refractivity contribution in [3.8, 4) is 5.75 Å². The number of nitrogens with one attached hydrogen (secondary N) is 1. The van der Waals surface area contributed by atoms with E-state index in [0.29, 0.717) is 25.1 Å². The maximum absolute atomic E-state index is 12.1. The van der Waals surface area contributed by atoms with E-state index in [0.717, 1.165) is 22.3 Å². The van der Waals surface area contributed by atoms with Gasteiger partial charge in [0.1, 0.15) is 23.2 Å². The third-order valence-corrected chi connectivity index (χ3v) is 4.33. The van der Waals surface area contributed by atoms with Gasteiger partial charge in [-0.05, 0) is 36.2 Å². The van der Waals surface area contributed by atoms with Crippen molar-refractivity contribution in [2.75, 3.05) is 20.8 Å². The minimum Gasteiger partial charge on any atom is -0.497 e. The summed E-state index contributed by atoms with van der Waals surface area (Å²) in [6.45, 7) is 0.373. The van der Waals surface area contributed by atoms with Crippen molar-refractivity contribution in [3.05, 3.63) is 65.9 Å². The molecular formula is C21H23NO4. The number of ether oxygens (including phenoxy) is 2. The number of para-hydroxylation sites is 1. The van der Waals surface area contributed by atoms with E-state index in [1.165, 1.54) is 0 Å². The van der Waals surface area contributed by atoms with E-state index in [2.05, 4.69) is 5.32 Å². The first-order valence-electron chi connectivity index (χ1n) is 8.60. The van der Waals surface area contributed by atoms with Gasteiger partial charge in [-0.2, -0.15) is 0 Å². The fourth-order valence-corrected chi connectivity index (χ4v) is 2.81. The molecule has 0 saturated heterocycles. The molecule has 2 aromatic carbocycles. The number of carbonyl (C=O) groups is 1. The molecule has 0 spiro atoms. The van der Waals surface area contributed by atoms with E-state index >= 15 is 0 Å². The summed E-state index contributed by atoms with van der Waals surface area (Å²) in [6.07, 6.45) is 0.786. The second kappa shape index (κ2) is 8.54. The van der Waals surface area contributed by atoms with Crippen molar-refractivity contribution in [1.82, 2.24) is 5.32 Å². The normalized spacial score (nSPS) is 12.1. The Morgan fingerprint density at radius 3 is 2.58 bits per heavy atom. The lowest BCUT2D eigenvalue weighted by atomic mass is 10.1. The van der Waals surface area contributed by atoms with Gasteiger partial charge >= 0.3 is 0 Å². The number of hydrogen-bond donors (Lipinski definition) is 1. The average Bonchev–Trinajstić information content (AvgIpc) is 3.11. The van der Waals surface area contributed by atoms with E-state index in [4.69, 9.17) is 13.9 Å². The van der Waals surface area contributed by atoms with Crippen LogP contribution in [0.25, 0.3) is 11.0 Å². The topological polar surface area (TPSA) is 60.7 Å². The molecule has 0 bridgehead atoms. The van der Waals surface area contributed by atoms with Gasteiger partial charge in [-0.1, -0.05) is 30.3 Å². The van der Waals surface area contributed by atoms with Crippen molar-refractivity contribution < 1.29 is 18.7 Å². The van der Waals surface area contributed by atoms with Crippen LogP contribution in [0, 0.1) is 0 Å². The van der Waals surface area contributed by atoms with Gasteiger partial charge in [0.2, 0.25) is 5.91 Å². The number of aryl methyl sites for hydroxylation is 1. The van der Waals surface area contributed by atoms with E-state index in [-0.39, 0.29) is 12.0 Å². The van der Waals surface area contributed by atoms with Gasteiger partial charge in [-0.3, -0.25) is 4.79 Å². The third-order valence-electron chi connectivity index (χ3n) is 4.33. The van der Waals surface area contributed by atoms with E-state index in [1.54, 1.807) is 14.2 Å². The molecule has 26 heavy (non-hydrogen) atoms. The van der Waals surface area contributed by atoms with Crippen molar-refractivity contribution in [1.29, 1.82) is 0 Å². The minimum absolute atomic E-state index is 0.0148. The highest BCUT2D eigenvalue weighted by Crippen LogP contribution is 2.25. The number of benzene rings is 2. The molecule has 0 saturated carbocycles. The second-order valence-electron chi connectivity index (χ2n) is 6.06. The molecule has 0 aliphatic heterocycles. The van der Waals surface area contributed by atoms with Crippen LogP contribution in [0.5, 0.6) is 5.75 Å². The smallest absolute Gasteiger partial charge is 0.220 e.